The second kappa shape index (κ2) is 8.99. The average Bonchev–Trinajstić information content (AvgIpc) is 2.52. The monoisotopic (exact) mass is 320 g/mol. The van der Waals surface area contributed by atoms with Gasteiger partial charge in [-0.2, -0.15) is 5.26 Å². The molecule has 1 aromatic rings. The van der Waals surface area contributed by atoms with Gasteiger partial charge in [0.25, 0.3) is 5.69 Å². The van der Waals surface area contributed by atoms with Gasteiger partial charge in [0, 0.05) is 6.07 Å². The highest BCUT2D eigenvalue weighted by Gasteiger charge is 2.15. The number of nitriles is 1. The second-order valence-electron chi connectivity index (χ2n) is 4.13. The Morgan fingerprint density at radius 3 is 2.65 bits per heavy atom. The summed E-state index contributed by atoms with van der Waals surface area (Å²) in [4.78, 5) is 21.8. The van der Waals surface area contributed by atoms with Crippen LogP contribution in [0.25, 0.3) is 0 Å². The van der Waals surface area contributed by atoms with Gasteiger partial charge in [-0.05, 0) is 26.0 Å². The van der Waals surface area contributed by atoms with Crippen LogP contribution in [0, 0.1) is 21.4 Å². The molecule has 0 radical (unpaired) electrons. The molecule has 0 fully saturated rings. The molecule has 0 aliphatic carbocycles. The fourth-order valence-electron chi connectivity index (χ4n) is 1.59. The van der Waals surface area contributed by atoms with Crippen molar-refractivity contribution in [2.24, 2.45) is 5.10 Å². The van der Waals surface area contributed by atoms with Gasteiger partial charge < -0.3 is 9.47 Å². The number of hydrogen-bond donors (Lipinski definition) is 1. The zero-order chi connectivity index (χ0) is 17.2. The van der Waals surface area contributed by atoms with Crippen LogP contribution in [0.5, 0.6) is 0 Å². The number of hydrogen-bond acceptors (Lipinski definition) is 8. The minimum atomic E-state index is -0.635. The van der Waals surface area contributed by atoms with Crippen molar-refractivity contribution in [3.05, 3.63) is 33.9 Å². The zero-order valence-corrected chi connectivity index (χ0v) is 12.7. The highest BCUT2D eigenvalue weighted by atomic mass is 16.6. The molecular formula is C14H16N4O5. The number of benzene rings is 1. The number of nitro benzene ring substituents is 1. The van der Waals surface area contributed by atoms with Crippen LogP contribution >= 0.6 is 0 Å². The molecule has 1 N–H and O–H groups in total. The molecule has 0 saturated carbocycles. The lowest BCUT2D eigenvalue weighted by atomic mass is 10.2. The Morgan fingerprint density at radius 2 is 2.09 bits per heavy atom. The number of nitro groups is 1. The lowest BCUT2D eigenvalue weighted by molar-refractivity contribution is -0.384. The molecule has 0 spiro atoms. The molecular weight excluding hydrogens is 304 g/mol. The normalized spacial score (nSPS) is 10.6. The van der Waals surface area contributed by atoms with Gasteiger partial charge in [0.2, 0.25) is 5.90 Å². The van der Waals surface area contributed by atoms with Gasteiger partial charge in [0.1, 0.15) is 12.1 Å². The smallest absolute Gasteiger partial charge is 0.315 e. The molecule has 0 aliphatic heterocycles. The van der Waals surface area contributed by atoms with Crippen LogP contribution in [-0.4, -0.2) is 30.0 Å². The van der Waals surface area contributed by atoms with Crippen molar-refractivity contribution in [3.63, 3.8) is 0 Å². The molecule has 0 unspecified atom stereocenters. The Bertz CT molecular complexity index is 651. The van der Waals surface area contributed by atoms with Gasteiger partial charge in [0.15, 0.2) is 0 Å². The number of anilines is 1. The molecule has 0 atom stereocenters. The van der Waals surface area contributed by atoms with E-state index in [0.717, 1.165) is 6.07 Å². The van der Waals surface area contributed by atoms with Crippen molar-refractivity contribution in [1.82, 2.24) is 0 Å². The molecule has 0 aromatic heterocycles. The number of ether oxygens (including phenoxy) is 2. The molecule has 0 saturated heterocycles. The van der Waals surface area contributed by atoms with E-state index in [9.17, 15) is 14.9 Å². The third-order valence-corrected chi connectivity index (χ3v) is 2.54. The number of carbonyl (C=O) groups is 1. The van der Waals surface area contributed by atoms with E-state index in [1.54, 1.807) is 13.8 Å². The molecule has 9 heteroatoms. The Balaban J connectivity index is 2.97. The predicted molar refractivity (Wildman–Crippen MR) is 81.7 cm³/mol. The van der Waals surface area contributed by atoms with Crippen LogP contribution in [0.4, 0.5) is 11.4 Å². The number of esters is 1. The van der Waals surface area contributed by atoms with E-state index in [0.29, 0.717) is 0 Å². The topological polar surface area (TPSA) is 127 Å². The van der Waals surface area contributed by atoms with Crippen LogP contribution in [0.1, 0.15) is 25.8 Å². The summed E-state index contributed by atoms with van der Waals surface area (Å²) in [5.74, 6) is -0.472. The minimum Gasteiger partial charge on any atom is -0.480 e. The summed E-state index contributed by atoms with van der Waals surface area (Å²) in [6.07, 6.45) is -0.196. The number of nitrogens with one attached hydrogen (secondary N) is 1. The molecule has 1 rings (SSSR count). The SMILES string of the molecule is CCOC(=O)C/C(=N/Nc1ccc(C#N)cc1[N+](=O)[O-])OCC. The van der Waals surface area contributed by atoms with Gasteiger partial charge in [-0.15, -0.1) is 5.10 Å². The van der Waals surface area contributed by atoms with Gasteiger partial charge in [-0.3, -0.25) is 20.3 Å². The molecule has 0 aliphatic rings. The molecule has 0 bridgehead atoms. The largest absolute Gasteiger partial charge is 0.480 e. The van der Waals surface area contributed by atoms with E-state index in [-0.39, 0.29) is 42.5 Å². The second-order valence-corrected chi connectivity index (χ2v) is 4.13. The number of rotatable bonds is 7. The van der Waals surface area contributed by atoms with Crippen molar-refractivity contribution in [2.75, 3.05) is 18.6 Å². The van der Waals surface area contributed by atoms with Crippen LogP contribution in [-0.2, 0) is 14.3 Å². The lowest BCUT2D eigenvalue weighted by Gasteiger charge is -2.08. The Hall–Kier alpha value is -3.15. The van der Waals surface area contributed by atoms with Gasteiger partial charge in [-0.25, -0.2) is 0 Å². The Labute approximate surface area is 132 Å². The highest BCUT2D eigenvalue weighted by molar-refractivity contribution is 5.94. The fourth-order valence-corrected chi connectivity index (χ4v) is 1.59. The molecule has 122 valence electrons. The summed E-state index contributed by atoms with van der Waals surface area (Å²) in [6.45, 7) is 3.89. The molecule has 0 amide bonds. The van der Waals surface area contributed by atoms with Crippen molar-refractivity contribution in [1.29, 1.82) is 5.26 Å². The molecule has 23 heavy (non-hydrogen) atoms. The Morgan fingerprint density at radius 1 is 1.39 bits per heavy atom. The summed E-state index contributed by atoms with van der Waals surface area (Å²) in [6, 6.07) is 5.72. The maximum Gasteiger partial charge on any atom is 0.315 e. The first-order valence-electron chi connectivity index (χ1n) is 6.81. The van der Waals surface area contributed by atoms with Crippen LogP contribution in [0.15, 0.2) is 23.3 Å². The van der Waals surface area contributed by atoms with Gasteiger partial charge >= 0.3 is 5.97 Å². The van der Waals surface area contributed by atoms with E-state index < -0.39 is 10.9 Å². The lowest BCUT2D eigenvalue weighted by Crippen LogP contribution is -2.15. The van der Waals surface area contributed by atoms with Crippen LogP contribution < -0.4 is 5.43 Å². The van der Waals surface area contributed by atoms with E-state index in [2.05, 4.69) is 10.5 Å². The van der Waals surface area contributed by atoms with Crippen molar-refractivity contribution in [3.8, 4) is 6.07 Å². The number of hydrazone groups is 1. The van der Waals surface area contributed by atoms with Crippen molar-refractivity contribution in [2.45, 2.75) is 20.3 Å². The summed E-state index contributed by atoms with van der Waals surface area (Å²) in [5.41, 5.74) is 2.41. The van der Waals surface area contributed by atoms with Crippen molar-refractivity contribution < 1.29 is 19.2 Å². The molecule has 9 nitrogen and oxygen atoms in total. The van der Waals surface area contributed by atoms with Crippen LogP contribution in [0.2, 0.25) is 0 Å². The molecule has 0 heterocycles. The van der Waals surface area contributed by atoms with Crippen molar-refractivity contribution >= 4 is 23.2 Å². The zero-order valence-electron chi connectivity index (χ0n) is 12.7. The number of carbonyl (C=O) groups excluding carboxylic acids is 1. The average molecular weight is 320 g/mol. The van der Waals surface area contributed by atoms with Gasteiger partial charge in [-0.1, -0.05) is 0 Å². The summed E-state index contributed by atoms with van der Waals surface area (Å²) >= 11 is 0. The summed E-state index contributed by atoms with van der Waals surface area (Å²) in [5, 5.41) is 23.7. The summed E-state index contributed by atoms with van der Waals surface area (Å²) in [7, 11) is 0. The third-order valence-electron chi connectivity index (χ3n) is 2.54. The van der Waals surface area contributed by atoms with E-state index in [1.165, 1.54) is 12.1 Å². The number of nitrogens with zero attached hydrogens (tertiary/aromatic N) is 3. The first kappa shape index (κ1) is 17.9. The fraction of sp³-hybridized carbons (Fsp3) is 0.357. The van der Waals surface area contributed by atoms with E-state index in [1.807, 2.05) is 6.07 Å². The first-order chi connectivity index (χ1) is 11.0. The van der Waals surface area contributed by atoms with E-state index in [4.69, 9.17) is 14.7 Å². The minimum absolute atomic E-state index is 0.0459. The Kier molecular flexibility index (Phi) is 7.00. The maximum absolute atomic E-state index is 11.4. The molecule has 1 aromatic carbocycles. The maximum atomic E-state index is 11.4. The van der Waals surface area contributed by atoms with Gasteiger partial charge in [0.05, 0.1) is 29.8 Å². The summed E-state index contributed by atoms with van der Waals surface area (Å²) < 4.78 is 9.98. The highest BCUT2D eigenvalue weighted by Crippen LogP contribution is 2.25. The quantitative estimate of drug-likeness (QED) is 0.268. The standard InChI is InChI=1S/C14H16N4O5/c1-3-22-13(8-14(19)23-4-2)17-16-11-6-5-10(9-15)7-12(11)18(20)21/h5-7,16H,3-4,8H2,1-2H3/b17-13-. The van der Waals surface area contributed by atoms with Crippen LogP contribution in [0.3, 0.4) is 0 Å². The van der Waals surface area contributed by atoms with E-state index >= 15 is 0 Å². The first-order valence-corrected chi connectivity index (χ1v) is 6.81. The third kappa shape index (κ3) is 5.62. The predicted octanol–water partition coefficient (Wildman–Crippen LogP) is 2.18.